The Kier molecular flexibility index (Phi) is 14.6. The van der Waals surface area contributed by atoms with E-state index in [1.165, 1.54) is 21.9 Å². The first-order valence-electron chi connectivity index (χ1n) is 14.0. The maximum absolute atomic E-state index is 12.6. The highest BCUT2D eigenvalue weighted by Gasteiger charge is 2.35. The van der Waals surface area contributed by atoms with Crippen LogP contribution in [0.5, 0.6) is 5.75 Å². The standard InChI is InChI=1S/C15H18N2O4.C14H16N2O5.CH4O3S.CH4/c1-9-4-12(8-18)16(7-9)15(19)13-5-10(2)11(3)6-14(13)17(20)21;1-8-3-10(7-17)15(6-8)14(19)11-4-9(2)13(18)5-12(11)16(20)21;1-5(2,3)4;/h5-6,12,18H,1,4,7-8H2,2-3H3;4-5,10,17-18H,1,3,6-7H2,2H3;1H3,(H,2,3,4);1H4/t12-;10-;;/m00../s1. The van der Waals surface area contributed by atoms with E-state index in [0.717, 1.165) is 28.3 Å². The first-order chi connectivity index (χ1) is 21.7. The second-order valence-electron chi connectivity index (χ2n) is 11.3. The van der Waals surface area contributed by atoms with Crippen molar-refractivity contribution in [3.63, 3.8) is 0 Å². The van der Waals surface area contributed by atoms with Gasteiger partial charge in [-0.1, -0.05) is 31.7 Å². The van der Waals surface area contributed by atoms with E-state index in [1.807, 2.05) is 6.92 Å². The van der Waals surface area contributed by atoms with Crippen molar-refractivity contribution in [2.75, 3.05) is 32.6 Å². The average molecular weight is 695 g/mol. The zero-order valence-electron chi connectivity index (χ0n) is 26.4. The fourth-order valence-corrected chi connectivity index (χ4v) is 5.00. The van der Waals surface area contributed by atoms with Crippen LogP contribution < -0.4 is 0 Å². The Morgan fingerprint density at radius 2 is 1.15 bits per heavy atom. The predicted octanol–water partition coefficient (Wildman–Crippen LogP) is 3.49. The topological polar surface area (TPSA) is 242 Å². The number of rotatable bonds is 6. The summed E-state index contributed by atoms with van der Waals surface area (Å²) in [6.07, 6.45) is 1.72. The monoisotopic (exact) mass is 694 g/mol. The molecule has 2 amide bonds. The lowest BCUT2D eigenvalue weighted by atomic mass is 10.0. The molecular weight excluding hydrogens is 652 g/mol. The zero-order chi connectivity index (χ0) is 36.0. The number of aliphatic hydroxyl groups is 2. The molecule has 0 unspecified atom stereocenters. The fourth-order valence-electron chi connectivity index (χ4n) is 5.00. The average Bonchev–Trinajstić information content (AvgIpc) is 3.55. The third-order valence-electron chi connectivity index (χ3n) is 7.44. The molecule has 0 aliphatic carbocycles. The van der Waals surface area contributed by atoms with Gasteiger partial charge in [0.1, 0.15) is 16.9 Å². The number of carbonyl (C=O) groups excluding carboxylic acids is 2. The normalized spacial score (nSPS) is 17.1. The minimum atomic E-state index is -3.67. The first-order valence-corrected chi connectivity index (χ1v) is 15.9. The van der Waals surface area contributed by atoms with Gasteiger partial charge in [-0.2, -0.15) is 8.42 Å². The van der Waals surface area contributed by atoms with Crippen LogP contribution in [0.15, 0.2) is 48.6 Å². The van der Waals surface area contributed by atoms with Gasteiger partial charge in [-0.3, -0.25) is 34.4 Å². The van der Waals surface area contributed by atoms with Gasteiger partial charge >= 0.3 is 0 Å². The van der Waals surface area contributed by atoms with Crippen molar-refractivity contribution in [3.05, 3.63) is 96.6 Å². The van der Waals surface area contributed by atoms with E-state index in [2.05, 4.69) is 13.2 Å². The van der Waals surface area contributed by atoms with Crippen LogP contribution in [0.3, 0.4) is 0 Å². The van der Waals surface area contributed by atoms with Crippen LogP contribution in [-0.2, 0) is 10.1 Å². The number of benzene rings is 2. The molecule has 2 fully saturated rings. The number of likely N-dealkylation sites (tertiary alicyclic amines) is 2. The Labute approximate surface area is 278 Å². The molecule has 0 bridgehead atoms. The van der Waals surface area contributed by atoms with Crippen molar-refractivity contribution in [1.82, 2.24) is 9.80 Å². The molecule has 2 aliphatic heterocycles. The number of aromatic hydroxyl groups is 1. The maximum Gasteiger partial charge on any atom is 0.285 e. The lowest BCUT2D eigenvalue weighted by molar-refractivity contribution is -0.385. The smallest absolute Gasteiger partial charge is 0.285 e. The summed E-state index contributed by atoms with van der Waals surface area (Å²) in [4.78, 5) is 49.0. The minimum absolute atomic E-state index is 0. The Morgan fingerprint density at radius 1 is 0.812 bits per heavy atom. The van der Waals surface area contributed by atoms with Crippen molar-refractivity contribution in [1.29, 1.82) is 0 Å². The van der Waals surface area contributed by atoms with Crippen molar-refractivity contribution < 1.29 is 47.7 Å². The van der Waals surface area contributed by atoms with Crippen LogP contribution in [-0.4, -0.2) is 104 Å². The predicted molar refractivity (Wildman–Crippen MR) is 178 cm³/mol. The summed E-state index contributed by atoms with van der Waals surface area (Å²) < 4.78 is 25.9. The third-order valence-corrected chi connectivity index (χ3v) is 7.44. The molecule has 2 aromatic carbocycles. The molecular formula is C31H42N4O12S. The van der Waals surface area contributed by atoms with Gasteiger partial charge in [-0.15, -0.1) is 0 Å². The molecule has 0 aromatic heterocycles. The quantitative estimate of drug-likeness (QED) is 0.147. The van der Waals surface area contributed by atoms with Crippen molar-refractivity contribution in [2.45, 2.75) is 53.1 Å². The molecule has 4 N–H and O–H groups in total. The van der Waals surface area contributed by atoms with Gasteiger partial charge in [0.15, 0.2) is 0 Å². The highest BCUT2D eigenvalue weighted by Crippen LogP contribution is 2.32. The molecule has 264 valence electrons. The lowest BCUT2D eigenvalue weighted by Gasteiger charge is -2.22. The summed E-state index contributed by atoms with van der Waals surface area (Å²) >= 11 is 0. The van der Waals surface area contributed by atoms with Crippen LogP contribution in [0.4, 0.5) is 11.4 Å². The molecule has 2 heterocycles. The molecule has 2 aliphatic rings. The highest BCUT2D eigenvalue weighted by atomic mass is 32.2. The summed E-state index contributed by atoms with van der Waals surface area (Å²) in [5.41, 5.74) is 2.93. The molecule has 16 nitrogen and oxygen atoms in total. The van der Waals surface area contributed by atoms with E-state index in [1.54, 1.807) is 19.9 Å². The molecule has 0 spiro atoms. The Morgan fingerprint density at radius 3 is 1.50 bits per heavy atom. The van der Waals surface area contributed by atoms with Crippen molar-refractivity contribution in [3.8, 4) is 5.75 Å². The van der Waals surface area contributed by atoms with Gasteiger partial charge in [0.05, 0.1) is 47.5 Å². The summed E-state index contributed by atoms with van der Waals surface area (Å²) in [6.45, 7) is 12.9. The first kappa shape index (κ1) is 41.3. The number of aliphatic hydroxyl groups excluding tert-OH is 2. The van der Waals surface area contributed by atoms with Gasteiger partial charge in [0.2, 0.25) is 0 Å². The van der Waals surface area contributed by atoms with Gasteiger partial charge in [-0.05, 0) is 62.4 Å². The van der Waals surface area contributed by atoms with Gasteiger partial charge in [0, 0.05) is 19.2 Å². The number of aryl methyl sites for hydroxylation is 3. The summed E-state index contributed by atoms with van der Waals surface area (Å²) in [5, 5.41) is 50.5. The number of nitro groups is 2. The van der Waals surface area contributed by atoms with Crippen LogP contribution in [0.2, 0.25) is 0 Å². The van der Waals surface area contributed by atoms with Gasteiger partial charge < -0.3 is 25.1 Å². The second-order valence-corrected chi connectivity index (χ2v) is 12.8. The number of phenolic OH excluding ortho intramolecular Hbond substituents is 1. The number of phenols is 1. The Bertz CT molecular complexity index is 1590. The molecule has 2 saturated heterocycles. The molecule has 2 aromatic rings. The molecule has 17 heteroatoms. The molecule has 0 saturated carbocycles. The number of nitrogens with zero attached hydrogens (tertiary/aromatic N) is 4. The second kappa shape index (κ2) is 16.9. The number of amides is 2. The van der Waals surface area contributed by atoms with E-state index < -0.39 is 43.5 Å². The number of nitro benzene ring substituents is 2. The van der Waals surface area contributed by atoms with E-state index in [9.17, 15) is 53.6 Å². The lowest BCUT2D eigenvalue weighted by Crippen LogP contribution is -2.38. The molecule has 4 rings (SSSR count). The van der Waals surface area contributed by atoms with Crippen LogP contribution in [0.25, 0.3) is 0 Å². The fraction of sp³-hybridized carbons (Fsp3) is 0.419. The summed E-state index contributed by atoms with van der Waals surface area (Å²) in [6, 6.07) is 4.46. The minimum Gasteiger partial charge on any atom is -0.507 e. The van der Waals surface area contributed by atoms with E-state index in [-0.39, 0.29) is 55.8 Å². The highest BCUT2D eigenvalue weighted by molar-refractivity contribution is 7.85. The van der Waals surface area contributed by atoms with Crippen molar-refractivity contribution in [2.24, 2.45) is 0 Å². The van der Waals surface area contributed by atoms with Gasteiger partial charge in [-0.25, -0.2) is 0 Å². The Balaban J connectivity index is 0.000000413. The molecule has 48 heavy (non-hydrogen) atoms. The number of hydrogen-bond donors (Lipinski definition) is 4. The SMILES string of the molecule is C.C=C1C[C@@H](CO)N(C(=O)c2cc(C)c(C)cc2[N+](=O)[O-])C1.C=C1C[C@@H](CO)N(C(=O)c2cc(C)c(O)cc2[N+](=O)[O-])C1.CS(=O)(=O)O. The summed E-state index contributed by atoms with van der Waals surface area (Å²) in [7, 11) is -3.67. The maximum atomic E-state index is 12.6. The summed E-state index contributed by atoms with van der Waals surface area (Å²) in [5.74, 6) is -1.20. The van der Waals surface area contributed by atoms with Crippen molar-refractivity contribution >= 4 is 33.3 Å². The van der Waals surface area contributed by atoms with E-state index >= 15 is 0 Å². The van der Waals surface area contributed by atoms with Crippen LogP contribution >= 0.6 is 0 Å². The number of hydrogen-bond acceptors (Lipinski definition) is 11. The number of carbonyl (C=O) groups is 2. The van der Waals surface area contributed by atoms with Crippen LogP contribution in [0, 0.1) is 41.0 Å². The van der Waals surface area contributed by atoms with E-state index in [4.69, 9.17) is 4.55 Å². The third kappa shape index (κ3) is 10.7. The van der Waals surface area contributed by atoms with Crippen LogP contribution in [0.1, 0.15) is 57.7 Å². The van der Waals surface area contributed by atoms with E-state index in [0.29, 0.717) is 31.2 Å². The van der Waals surface area contributed by atoms with Gasteiger partial charge in [0.25, 0.3) is 33.3 Å². The molecule has 0 radical (unpaired) electrons. The Hall–Kier alpha value is -4.71. The molecule has 2 atom stereocenters. The largest absolute Gasteiger partial charge is 0.507 e. The zero-order valence-corrected chi connectivity index (χ0v) is 27.2.